The molecule has 0 amide bonds. The molecule has 0 aromatic carbocycles. The van der Waals surface area contributed by atoms with Crippen molar-refractivity contribution in [2.75, 3.05) is 6.54 Å². The van der Waals surface area contributed by atoms with Crippen LogP contribution in [0, 0.1) is 17.3 Å². The van der Waals surface area contributed by atoms with Crippen LogP contribution in [0.5, 0.6) is 0 Å². The minimum Gasteiger partial charge on any atom is -0.350 e. The number of piperidine rings is 1. The Morgan fingerprint density at radius 1 is 1.18 bits per heavy atom. The molecule has 2 aliphatic rings. The minimum atomic E-state index is 0.469. The summed E-state index contributed by atoms with van der Waals surface area (Å²) in [4.78, 5) is 2.18. The van der Waals surface area contributed by atoms with Crippen molar-refractivity contribution in [1.82, 2.24) is 4.81 Å². The summed E-state index contributed by atoms with van der Waals surface area (Å²) in [5.41, 5.74) is 0.469. The van der Waals surface area contributed by atoms with Gasteiger partial charge >= 0.3 is 0 Å². The first kappa shape index (κ1) is 13.5. The quantitative estimate of drug-likeness (QED) is 0.605. The van der Waals surface area contributed by atoms with Crippen molar-refractivity contribution >= 4 is 7.98 Å². The largest absolute Gasteiger partial charge is 0.350 e. The molecule has 2 fully saturated rings. The van der Waals surface area contributed by atoms with Crippen LogP contribution in [0.25, 0.3) is 0 Å². The first-order valence-corrected chi connectivity index (χ1v) is 7.63. The molecule has 1 saturated heterocycles. The maximum Gasteiger partial charge on any atom is 0.182 e. The standard InChI is InChI=1S/C15H28BN/c1-4-6-8-15(3,9-7-5-2)14-13-10-12(13)11-17(14)16/h12-14H,4-11H2,1-3H3. The molecule has 2 heteroatoms. The van der Waals surface area contributed by atoms with Crippen molar-refractivity contribution in [2.45, 2.75) is 71.8 Å². The number of nitrogens with zero attached hydrogens (tertiary/aromatic N) is 1. The van der Waals surface area contributed by atoms with Crippen LogP contribution in [-0.2, 0) is 0 Å². The third-order valence-corrected chi connectivity index (χ3v) is 5.10. The molecule has 1 heterocycles. The highest BCUT2D eigenvalue weighted by atomic mass is 15.1. The Morgan fingerprint density at radius 2 is 1.76 bits per heavy atom. The fourth-order valence-corrected chi connectivity index (χ4v) is 4.00. The molecule has 0 bridgehead atoms. The summed E-state index contributed by atoms with van der Waals surface area (Å²) in [6.45, 7) is 8.26. The van der Waals surface area contributed by atoms with Crippen molar-refractivity contribution in [3.8, 4) is 0 Å². The van der Waals surface area contributed by atoms with Crippen molar-refractivity contribution in [2.24, 2.45) is 17.3 Å². The molecular weight excluding hydrogens is 205 g/mol. The van der Waals surface area contributed by atoms with Crippen LogP contribution in [0.4, 0.5) is 0 Å². The molecule has 17 heavy (non-hydrogen) atoms. The molecule has 2 radical (unpaired) electrons. The van der Waals surface area contributed by atoms with Crippen molar-refractivity contribution < 1.29 is 0 Å². The van der Waals surface area contributed by atoms with Gasteiger partial charge < -0.3 is 4.81 Å². The molecule has 1 aliphatic carbocycles. The average Bonchev–Trinajstić information content (AvgIpc) is 2.95. The molecule has 3 unspecified atom stereocenters. The molecule has 0 N–H and O–H groups in total. The van der Waals surface area contributed by atoms with Gasteiger partial charge in [0.2, 0.25) is 0 Å². The van der Waals surface area contributed by atoms with E-state index in [1.165, 1.54) is 44.9 Å². The predicted molar refractivity (Wildman–Crippen MR) is 75.0 cm³/mol. The highest BCUT2D eigenvalue weighted by Crippen LogP contribution is 2.56. The first-order chi connectivity index (χ1) is 8.12. The minimum absolute atomic E-state index is 0.469. The molecule has 1 saturated carbocycles. The lowest BCUT2D eigenvalue weighted by Crippen LogP contribution is -2.44. The molecule has 96 valence electrons. The van der Waals surface area contributed by atoms with Gasteiger partial charge in [-0.25, -0.2) is 0 Å². The van der Waals surface area contributed by atoms with E-state index in [4.69, 9.17) is 7.98 Å². The van der Waals surface area contributed by atoms with Crippen LogP contribution >= 0.6 is 0 Å². The number of hydrogen-bond acceptors (Lipinski definition) is 1. The van der Waals surface area contributed by atoms with E-state index in [0.717, 1.165) is 18.4 Å². The van der Waals surface area contributed by atoms with Crippen LogP contribution in [0.3, 0.4) is 0 Å². The van der Waals surface area contributed by atoms with Crippen LogP contribution in [0.1, 0.15) is 65.7 Å². The Hall–Kier alpha value is 0.0249. The number of unbranched alkanes of at least 4 members (excludes halogenated alkanes) is 2. The summed E-state index contributed by atoms with van der Waals surface area (Å²) in [5.74, 6) is 1.87. The van der Waals surface area contributed by atoms with E-state index in [-0.39, 0.29) is 0 Å². The summed E-state index contributed by atoms with van der Waals surface area (Å²) in [6, 6.07) is 0.672. The number of rotatable bonds is 7. The zero-order valence-corrected chi connectivity index (χ0v) is 11.9. The smallest absolute Gasteiger partial charge is 0.182 e. The first-order valence-electron chi connectivity index (χ1n) is 7.63. The van der Waals surface area contributed by atoms with Gasteiger partial charge in [0, 0.05) is 6.04 Å². The topological polar surface area (TPSA) is 3.24 Å². The van der Waals surface area contributed by atoms with Crippen molar-refractivity contribution in [3.05, 3.63) is 0 Å². The predicted octanol–water partition coefficient (Wildman–Crippen LogP) is 3.78. The third kappa shape index (κ3) is 2.72. The molecule has 3 atom stereocenters. The van der Waals surface area contributed by atoms with Gasteiger partial charge in [0.25, 0.3) is 0 Å². The summed E-state index contributed by atoms with van der Waals surface area (Å²) >= 11 is 0. The van der Waals surface area contributed by atoms with Gasteiger partial charge in [-0.1, -0.05) is 46.5 Å². The van der Waals surface area contributed by atoms with E-state index in [9.17, 15) is 0 Å². The maximum absolute atomic E-state index is 6.26. The number of hydrogen-bond donors (Lipinski definition) is 0. The van der Waals surface area contributed by atoms with E-state index in [0.29, 0.717) is 11.5 Å². The van der Waals surface area contributed by atoms with E-state index < -0.39 is 0 Å². The van der Waals surface area contributed by atoms with Crippen LogP contribution in [0.15, 0.2) is 0 Å². The molecule has 0 spiro atoms. The monoisotopic (exact) mass is 233 g/mol. The van der Waals surface area contributed by atoms with Gasteiger partial charge in [0.15, 0.2) is 7.98 Å². The lowest BCUT2D eigenvalue weighted by Gasteiger charge is -2.42. The average molecular weight is 233 g/mol. The molecule has 2 rings (SSSR count). The molecular formula is C15H28BN. The fourth-order valence-electron chi connectivity index (χ4n) is 4.00. The van der Waals surface area contributed by atoms with E-state index >= 15 is 0 Å². The highest BCUT2D eigenvalue weighted by Gasteiger charge is 2.56. The van der Waals surface area contributed by atoms with Crippen LogP contribution < -0.4 is 0 Å². The van der Waals surface area contributed by atoms with Gasteiger partial charge in [-0.3, -0.25) is 0 Å². The van der Waals surface area contributed by atoms with Crippen molar-refractivity contribution in [1.29, 1.82) is 0 Å². The second kappa shape index (κ2) is 5.34. The maximum atomic E-state index is 6.26. The van der Waals surface area contributed by atoms with E-state index in [2.05, 4.69) is 25.6 Å². The second-order valence-corrected chi connectivity index (χ2v) is 6.66. The Balaban J connectivity index is 2.02. The summed E-state index contributed by atoms with van der Waals surface area (Å²) in [7, 11) is 6.26. The van der Waals surface area contributed by atoms with Crippen LogP contribution in [-0.4, -0.2) is 25.4 Å². The van der Waals surface area contributed by atoms with Crippen LogP contribution in [0.2, 0.25) is 0 Å². The highest BCUT2D eigenvalue weighted by molar-refractivity contribution is 6.05. The van der Waals surface area contributed by atoms with Gasteiger partial charge in [-0.05, 0) is 43.1 Å². The van der Waals surface area contributed by atoms with E-state index in [1.54, 1.807) is 0 Å². The molecule has 1 nitrogen and oxygen atoms in total. The summed E-state index contributed by atoms with van der Waals surface area (Å²) in [5, 5.41) is 0. The number of fused-ring (bicyclic) bond motifs is 1. The van der Waals surface area contributed by atoms with Gasteiger partial charge in [-0.2, -0.15) is 0 Å². The van der Waals surface area contributed by atoms with E-state index in [1.807, 2.05) is 0 Å². The van der Waals surface area contributed by atoms with Crippen molar-refractivity contribution in [3.63, 3.8) is 0 Å². The Bertz CT molecular complexity index is 243. The van der Waals surface area contributed by atoms with Gasteiger partial charge in [0.1, 0.15) is 0 Å². The zero-order valence-electron chi connectivity index (χ0n) is 11.9. The molecule has 0 aromatic heterocycles. The fraction of sp³-hybridized carbons (Fsp3) is 1.00. The normalized spacial score (nSPS) is 32.8. The summed E-state index contributed by atoms with van der Waals surface area (Å²) < 4.78 is 0. The molecule has 0 aromatic rings. The zero-order chi connectivity index (χ0) is 12.5. The SMILES string of the molecule is [B]N1CC2CC2C1C(C)(CCCC)CCCC. The Labute approximate surface area is 109 Å². The lowest BCUT2D eigenvalue weighted by molar-refractivity contribution is 0.119. The summed E-state index contributed by atoms with van der Waals surface area (Å²) in [6.07, 6.45) is 9.53. The lowest BCUT2D eigenvalue weighted by atomic mass is 9.71. The second-order valence-electron chi connectivity index (χ2n) is 6.66. The third-order valence-electron chi connectivity index (χ3n) is 5.10. The Morgan fingerprint density at radius 3 is 2.18 bits per heavy atom. The van der Waals surface area contributed by atoms with Gasteiger partial charge in [-0.15, -0.1) is 0 Å². The van der Waals surface area contributed by atoms with Gasteiger partial charge in [0.05, 0.1) is 0 Å². The Kier molecular flexibility index (Phi) is 4.23. The molecule has 1 aliphatic heterocycles.